The third kappa shape index (κ3) is 4.91. The quantitative estimate of drug-likeness (QED) is 0.432. The fraction of sp³-hybridized carbons (Fsp3) is 0.231. The van der Waals surface area contributed by atoms with Gasteiger partial charge in [-0.1, -0.05) is 30.3 Å². The van der Waals surface area contributed by atoms with Crippen LogP contribution in [0, 0.1) is 0 Å². The van der Waals surface area contributed by atoms with Crippen molar-refractivity contribution < 1.29 is 29.0 Å². The molecule has 0 unspecified atom stereocenters. The summed E-state index contributed by atoms with van der Waals surface area (Å²) < 4.78 is 16.4. The number of nitrogens with one attached hydrogen (secondary N) is 1. The smallest absolute Gasteiger partial charge is 0.324 e. The second-order valence-corrected chi connectivity index (χ2v) is 8.22. The molecular formula is C26H25N3O6. The summed E-state index contributed by atoms with van der Waals surface area (Å²) in [5, 5.41) is 8.86. The Morgan fingerprint density at radius 1 is 0.914 bits per heavy atom. The molecule has 0 saturated carbocycles. The van der Waals surface area contributed by atoms with E-state index in [1.54, 1.807) is 39.5 Å². The Balaban J connectivity index is 1.46. The molecule has 1 saturated heterocycles. The fourth-order valence-electron chi connectivity index (χ4n) is 4.13. The van der Waals surface area contributed by atoms with Gasteiger partial charge in [-0.05, 0) is 53.1 Å². The van der Waals surface area contributed by atoms with Crippen LogP contribution in [0.4, 0.5) is 10.5 Å². The van der Waals surface area contributed by atoms with Crippen molar-refractivity contribution in [2.75, 3.05) is 38.0 Å². The molecule has 9 heteroatoms. The van der Waals surface area contributed by atoms with Crippen LogP contribution < -0.4 is 19.9 Å². The molecule has 0 radical (unpaired) electrons. The molecule has 3 amide bonds. The molecule has 2 N–H and O–H groups in total. The lowest BCUT2D eigenvalue weighted by molar-refractivity contribution is 0.0548. The van der Waals surface area contributed by atoms with Gasteiger partial charge in [-0.3, -0.25) is 14.9 Å². The Bertz CT molecular complexity index is 1220. The van der Waals surface area contributed by atoms with E-state index in [0.717, 1.165) is 22.4 Å². The van der Waals surface area contributed by atoms with Gasteiger partial charge in [0, 0.05) is 24.3 Å². The molecule has 0 bridgehead atoms. The number of hydroxylamine groups is 1. The summed E-state index contributed by atoms with van der Waals surface area (Å²) in [7, 11) is 0. The molecule has 9 nitrogen and oxygen atoms in total. The summed E-state index contributed by atoms with van der Waals surface area (Å²) >= 11 is 0. The van der Waals surface area contributed by atoms with Gasteiger partial charge in [-0.2, -0.15) is 0 Å². The highest BCUT2D eigenvalue weighted by Crippen LogP contribution is 2.37. The number of nitrogens with zero attached hydrogens (tertiary/aromatic N) is 2. The number of anilines is 1. The van der Waals surface area contributed by atoms with Crippen molar-refractivity contribution in [1.82, 2.24) is 10.4 Å². The van der Waals surface area contributed by atoms with E-state index in [0.29, 0.717) is 49.9 Å². The highest BCUT2D eigenvalue weighted by molar-refractivity contribution is 5.94. The Hall–Kier alpha value is -4.08. The molecule has 2 aliphatic rings. The number of rotatable bonds is 5. The van der Waals surface area contributed by atoms with E-state index in [9.17, 15) is 9.59 Å². The zero-order valence-electron chi connectivity index (χ0n) is 19.0. The van der Waals surface area contributed by atoms with Gasteiger partial charge in [0.1, 0.15) is 0 Å². The second-order valence-electron chi connectivity index (χ2n) is 8.22. The number of amides is 3. The summed E-state index contributed by atoms with van der Waals surface area (Å²) in [6, 6.07) is 20.2. The first-order chi connectivity index (χ1) is 17.1. The van der Waals surface area contributed by atoms with Gasteiger partial charge in [0.15, 0.2) is 11.5 Å². The molecule has 0 atom stereocenters. The van der Waals surface area contributed by atoms with Gasteiger partial charge in [0.25, 0.3) is 5.91 Å². The zero-order chi connectivity index (χ0) is 24.2. The molecule has 0 spiro atoms. The van der Waals surface area contributed by atoms with Gasteiger partial charge in [-0.25, -0.2) is 10.3 Å². The number of carbonyl (C=O) groups excluding carboxylic acids is 2. The number of ether oxygens (including phenoxy) is 3. The summed E-state index contributed by atoms with van der Waals surface area (Å²) in [6.07, 6.45) is 0. The van der Waals surface area contributed by atoms with Gasteiger partial charge in [0.2, 0.25) is 6.79 Å². The van der Waals surface area contributed by atoms with Crippen molar-refractivity contribution in [1.29, 1.82) is 0 Å². The SMILES string of the molecule is O=C(NO)c1ccc(CN(C(=O)N2CCOCC2)c2cccc(-c3ccc4c(c3)OCO4)c2)cc1. The standard InChI is InChI=1S/C26H25N3O6/c30-25(27-32)19-6-4-18(5-7-19)16-29(26(31)28-10-12-33-13-11-28)22-3-1-2-20(14-22)21-8-9-23-24(15-21)35-17-34-23/h1-9,14-15,32H,10-13,16-17H2,(H,27,30). The predicted octanol–water partition coefficient (Wildman–Crippen LogP) is 3.66. The number of urea groups is 1. The van der Waals surface area contributed by atoms with Crippen LogP contribution in [-0.2, 0) is 11.3 Å². The van der Waals surface area contributed by atoms with Crippen LogP contribution in [0.3, 0.4) is 0 Å². The fourth-order valence-corrected chi connectivity index (χ4v) is 4.13. The maximum Gasteiger partial charge on any atom is 0.324 e. The topological polar surface area (TPSA) is 101 Å². The minimum Gasteiger partial charge on any atom is -0.454 e. The van der Waals surface area contributed by atoms with Crippen LogP contribution in [0.5, 0.6) is 11.5 Å². The summed E-state index contributed by atoms with van der Waals surface area (Å²) in [6.45, 7) is 2.56. The van der Waals surface area contributed by atoms with E-state index in [1.807, 2.05) is 42.5 Å². The van der Waals surface area contributed by atoms with Crippen molar-refractivity contribution in [3.63, 3.8) is 0 Å². The molecule has 180 valence electrons. The average molecular weight is 476 g/mol. The largest absolute Gasteiger partial charge is 0.454 e. The van der Waals surface area contributed by atoms with Crippen molar-refractivity contribution in [2.24, 2.45) is 0 Å². The van der Waals surface area contributed by atoms with Crippen molar-refractivity contribution in [3.8, 4) is 22.6 Å². The molecule has 3 aromatic rings. The maximum absolute atomic E-state index is 13.6. The highest BCUT2D eigenvalue weighted by Gasteiger charge is 2.25. The minimum atomic E-state index is -0.589. The highest BCUT2D eigenvalue weighted by atomic mass is 16.7. The maximum atomic E-state index is 13.6. The predicted molar refractivity (Wildman–Crippen MR) is 128 cm³/mol. The number of hydrogen-bond acceptors (Lipinski definition) is 6. The van der Waals surface area contributed by atoms with E-state index in [1.165, 1.54) is 0 Å². The number of morpholine rings is 1. The molecule has 0 aromatic heterocycles. The molecule has 0 aliphatic carbocycles. The number of benzene rings is 3. The van der Waals surface area contributed by atoms with Crippen molar-refractivity contribution >= 4 is 17.6 Å². The first kappa shape index (κ1) is 22.7. The Morgan fingerprint density at radius 3 is 2.43 bits per heavy atom. The number of fused-ring (bicyclic) bond motifs is 1. The van der Waals surface area contributed by atoms with E-state index in [4.69, 9.17) is 19.4 Å². The second kappa shape index (κ2) is 10.0. The van der Waals surface area contributed by atoms with Crippen LogP contribution in [0.1, 0.15) is 15.9 Å². The van der Waals surface area contributed by atoms with E-state index >= 15 is 0 Å². The van der Waals surface area contributed by atoms with Crippen LogP contribution in [-0.4, -0.2) is 55.1 Å². The van der Waals surface area contributed by atoms with Crippen molar-refractivity contribution in [3.05, 3.63) is 77.9 Å². The lowest BCUT2D eigenvalue weighted by Crippen LogP contribution is -2.48. The third-order valence-electron chi connectivity index (χ3n) is 6.03. The number of hydrogen-bond donors (Lipinski definition) is 2. The summed E-state index contributed by atoms with van der Waals surface area (Å²) in [5.41, 5.74) is 5.43. The average Bonchev–Trinajstić information content (AvgIpc) is 3.40. The molecule has 35 heavy (non-hydrogen) atoms. The van der Waals surface area contributed by atoms with Gasteiger partial charge in [-0.15, -0.1) is 0 Å². The minimum absolute atomic E-state index is 0.117. The molecular weight excluding hydrogens is 450 g/mol. The molecule has 2 heterocycles. The van der Waals surface area contributed by atoms with Crippen LogP contribution in [0.15, 0.2) is 66.7 Å². The lowest BCUT2D eigenvalue weighted by Gasteiger charge is -2.33. The van der Waals surface area contributed by atoms with E-state index in [-0.39, 0.29) is 12.8 Å². The normalized spacial score (nSPS) is 14.5. The zero-order valence-corrected chi connectivity index (χ0v) is 19.0. The van der Waals surface area contributed by atoms with Crippen molar-refractivity contribution in [2.45, 2.75) is 6.54 Å². The molecule has 1 fully saturated rings. The molecule has 2 aliphatic heterocycles. The van der Waals surface area contributed by atoms with Crippen LogP contribution in [0.25, 0.3) is 11.1 Å². The van der Waals surface area contributed by atoms with E-state index in [2.05, 4.69) is 0 Å². The summed E-state index contributed by atoms with van der Waals surface area (Å²) in [5.74, 6) is 0.822. The Kier molecular flexibility index (Phi) is 6.51. The molecule has 5 rings (SSSR count). The van der Waals surface area contributed by atoms with Gasteiger partial charge < -0.3 is 19.1 Å². The first-order valence-corrected chi connectivity index (χ1v) is 11.3. The molecule has 3 aromatic carbocycles. The first-order valence-electron chi connectivity index (χ1n) is 11.3. The monoisotopic (exact) mass is 475 g/mol. The van der Waals surface area contributed by atoms with Gasteiger partial charge in [0.05, 0.1) is 19.8 Å². The van der Waals surface area contributed by atoms with Crippen LogP contribution in [0.2, 0.25) is 0 Å². The number of carbonyl (C=O) groups is 2. The van der Waals surface area contributed by atoms with E-state index < -0.39 is 5.91 Å². The van der Waals surface area contributed by atoms with Gasteiger partial charge >= 0.3 is 6.03 Å². The van der Waals surface area contributed by atoms with Crippen LogP contribution >= 0.6 is 0 Å². The Labute approximate surface area is 202 Å². The Morgan fingerprint density at radius 2 is 1.66 bits per heavy atom. The lowest BCUT2D eigenvalue weighted by atomic mass is 10.0. The third-order valence-corrected chi connectivity index (χ3v) is 6.03. The summed E-state index contributed by atoms with van der Waals surface area (Å²) in [4.78, 5) is 28.8.